The molecule has 0 aromatic rings. The van der Waals surface area contributed by atoms with Crippen LogP contribution in [0.1, 0.15) is 26.2 Å². The van der Waals surface area contributed by atoms with Crippen molar-refractivity contribution >= 4 is 5.91 Å². The molecule has 0 spiro atoms. The Kier molecular flexibility index (Phi) is 3.03. The second-order valence-electron chi connectivity index (χ2n) is 4.12. The first kappa shape index (κ1) is 9.93. The molecule has 0 aromatic heterocycles. The average molecular weight is 197 g/mol. The highest BCUT2D eigenvalue weighted by molar-refractivity contribution is 5.79. The molecule has 0 bridgehead atoms. The van der Waals surface area contributed by atoms with E-state index in [2.05, 4.69) is 17.7 Å². The molecule has 2 saturated heterocycles. The first-order chi connectivity index (χ1) is 6.83. The molecule has 2 aliphatic heterocycles. The van der Waals surface area contributed by atoms with Gasteiger partial charge in [0.15, 0.2) is 0 Å². The average Bonchev–Trinajstić information content (AvgIpc) is 2.87. The van der Waals surface area contributed by atoms with E-state index in [1.165, 1.54) is 0 Å². The zero-order valence-electron chi connectivity index (χ0n) is 8.75. The summed E-state index contributed by atoms with van der Waals surface area (Å²) >= 11 is 0. The van der Waals surface area contributed by atoms with Gasteiger partial charge in [0.2, 0.25) is 5.91 Å². The lowest BCUT2D eigenvalue weighted by molar-refractivity contribution is -0.137. The van der Waals surface area contributed by atoms with Crippen LogP contribution in [0, 0.1) is 5.92 Å². The Balaban J connectivity index is 1.95. The predicted octanol–water partition coefficient (Wildman–Crippen LogP) is 0.111. The molecule has 0 radical (unpaired) electrons. The highest BCUT2D eigenvalue weighted by Gasteiger charge is 2.34. The largest absolute Gasteiger partial charge is 0.313 e. The molecular formula is C10H19N3O. The molecule has 4 heteroatoms. The van der Waals surface area contributed by atoms with Gasteiger partial charge in [-0.25, -0.2) is 5.43 Å². The summed E-state index contributed by atoms with van der Waals surface area (Å²) in [6, 6.07) is 0.393. The third-order valence-electron chi connectivity index (χ3n) is 3.23. The van der Waals surface area contributed by atoms with Gasteiger partial charge in [-0.3, -0.25) is 9.80 Å². The number of amides is 1. The number of carbonyl (C=O) groups excluding carboxylic acids is 1. The van der Waals surface area contributed by atoms with Crippen molar-refractivity contribution in [1.82, 2.24) is 15.8 Å². The molecule has 0 aromatic carbocycles. The van der Waals surface area contributed by atoms with Gasteiger partial charge in [-0.1, -0.05) is 6.92 Å². The van der Waals surface area contributed by atoms with Crippen LogP contribution in [-0.4, -0.2) is 36.6 Å². The maximum absolute atomic E-state index is 12.0. The van der Waals surface area contributed by atoms with Crippen molar-refractivity contribution in [3.63, 3.8) is 0 Å². The first-order valence-electron chi connectivity index (χ1n) is 5.61. The first-order valence-corrected chi connectivity index (χ1v) is 5.61. The fraction of sp³-hybridized carbons (Fsp3) is 0.900. The molecule has 14 heavy (non-hydrogen) atoms. The van der Waals surface area contributed by atoms with Crippen LogP contribution >= 0.6 is 0 Å². The molecule has 4 nitrogen and oxygen atoms in total. The maximum atomic E-state index is 12.0. The fourth-order valence-electron chi connectivity index (χ4n) is 2.41. The summed E-state index contributed by atoms with van der Waals surface area (Å²) in [4.78, 5) is 12.0. The van der Waals surface area contributed by atoms with Gasteiger partial charge in [0.1, 0.15) is 0 Å². The van der Waals surface area contributed by atoms with E-state index in [-0.39, 0.29) is 5.92 Å². The van der Waals surface area contributed by atoms with Crippen LogP contribution in [0.4, 0.5) is 0 Å². The van der Waals surface area contributed by atoms with Crippen LogP contribution in [0.2, 0.25) is 0 Å². The SMILES string of the molecule is CCC1NCCC1C(=O)N1CCCN1. The zero-order valence-corrected chi connectivity index (χ0v) is 8.75. The van der Waals surface area contributed by atoms with Crippen molar-refractivity contribution in [3.8, 4) is 0 Å². The summed E-state index contributed by atoms with van der Waals surface area (Å²) in [5.41, 5.74) is 3.13. The topological polar surface area (TPSA) is 44.4 Å². The van der Waals surface area contributed by atoms with Crippen LogP contribution in [0.3, 0.4) is 0 Å². The summed E-state index contributed by atoms with van der Waals surface area (Å²) in [6.07, 6.45) is 3.13. The van der Waals surface area contributed by atoms with Crippen molar-refractivity contribution in [2.75, 3.05) is 19.6 Å². The monoisotopic (exact) mass is 197 g/mol. The van der Waals surface area contributed by atoms with Gasteiger partial charge in [0.25, 0.3) is 0 Å². The Hall–Kier alpha value is -0.610. The lowest BCUT2D eigenvalue weighted by Gasteiger charge is -2.23. The van der Waals surface area contributed by atoms with Gasteiger partial charge in [-0.05, 0) is 25.8 Å². The van der Waals surface area contributed by atoms with E-state index in [1.807, 2.05) is 0 Å². The van der Waals surface area contributed by atoms with Crippen molar-refractivity contribution in [1.29, 1.82) is 0 Å². The molecule has 2 fully saturated rings. The summed E-state index contributed by atoms with van der Waals surface area (Å²) in [7, 11) is 0. The van der Waals surface area contributed by atoms with E-state index in [9.17, 15) is 4.79 Å². The zero-order chi connectivity index (χ0) is 9.97. The maximum Gasteiger partial charge on any atom is 0.241 e. The van der Waals surface area contributed by atoms with Crippen LogP contribution in [0.25, 0.3) is 0 Å². The molecule has 2 unspecified atom stereocenters. The summed E-state index contributed by atoms with van der Waals surface area (Å²) in [5, 5.41) is 5.19. The normalized spacial score (nSPS) is 32.5. The molecule has 1 amide bonds. The second-order valence-corrected chi connectivity index (χ2v) is 4.12. The van der Waals surface area contributed by atoms with Gasteiger partial charge in [-0.15, -0.1) is 0 Å². The van der Waals surface area contributed by atoms with E-state index in [0.29, 0.717) is 11.9 Å². The standard InChI is InChI=1S/C10H19N3O/c1-2-9-8(4-6-11-9)10(14)13-7-3-5-12-13/h8-9,11-12H,2-7H2,1H3. The number of nitrogens with zero attached hydrogens (tertiary/aromatic N) is 1. The van der Waals surface area contributed by atoms with Crippen LogP contribution < -0.4 is 10.7 Å². The molecule has 80 valence electrons. The van der Waals surface area contributed by atoms with Crippen molar-refractivity contribution in [3.05, 3.63) is 0 Å². The number of rotatable bonds is 2. The van der Waals surface area contributed by atoms with E-state index >= 15 is 0 Å². The second kappa shape index (κ2) is 4.28. The minimum Gasteiger partial charge on any atom is -0.313 e. The summed E-state index contributed by atoms with van der Waals surface area (Å²) < 4.78 is 0. The van der Waals surface area contributed by atoms with Gasteiger partial charge < -0.3 is 5.32 Å². The minimum atomic E-state index is 0.200. The lowest BCUT2D eigenvalue weighted by atomic mass is 9.97. The Morgan fingerprint density at radius 3 is 3.00 bits per heavy atom. The van der Waals surface area contributed by atoms with Gasteiger partial charge in [-0.2, -0.15) is 0 Å². The number of hydrogen-bond donors (Lipinski definition) is 2. The van der Waals surface area contributed by atoms with Crippen molar-refractivity contribution in [2.24, 2.45) is 5.92 Å². The van der Waals surface area contributed by atoms with Gasteiger partial charge in [0.05, 0.1) is 5.92 Å². The molecular weight excluding hydrogens is 178 g/mol. The third kappa shape index (κ3) is 1.77. The van der Waals surface area contributed by atoms with Crippen LogP contribution in [-0.2, 0) is 4.79 Å². The van der Waals surface area contributed by atoms with Crippen LogP contribution in [0.15, 0.2) is 0 Å². The third-order valence-corrected chi connectivity index (χ3v) is 3.23. The van der Waals surface area contributed by atoms with E-state index in [4.69, 9.17) is 0 Å². The van der Waals surface area contributed by atoms with E-state index in [0.717, 1.165) is 38.9 Å². The van der Waals surface area contributed by atoms with Crippen molar-refractivity contribution < 1.29 is 4.79 Å². The van der Waals surface area contributed by atoms with Gasteiger partial charge in [0, 0.05) is 19.1 Å². The molecule has 0 saturated carbocycles. The summed E-state index contributed by atoms with van der Waals surface area (Å²) in [5.74, 6) is 0.491. The number of carbonyl (C=O) groups is 1. The Morgan fingerprint density at radius 2 is 2.36 bits per heavy atom. The quantitative estimate of drug-likeness (QED) is 0.660. The molecule has 2 N–H and O–H groups in total. The molecule has 0 aliphatic carbocycles. The smallest absolute Gasteiger partial charge is 0.241 e. The molecule has 2 aliphatic rings. The number of hydrogen-bond acceptors (Lipinski definition) is 3. The Bertz CT molecular complexity index is 213. The molecule has 2 atom stereocenters. The van der Waals surface area contributed by atoms with E-state index < -0.39 is 0 Å². The van der Waals surface area contributed by atoms with Gasteiger partial charge >= 0.3 is 0 Å². The molecule has 2 heterocycles. The highest BCUT2D eigenvalue weighted by Crippen LogP contribution is 2.20. The lowest BCUT2D eigenvalue weighted by Crippen LogP contribution is -2.44. The Labute approximate surface area is 85.0 Å². The fourth-order valence-corrected chi connectivity index (χ4v) is 2.41. The highest BCUT2D eigenvalue weighted by atomic mass is 16.2. The Morgan fingerprint density at radius 1 is 1.50 bits per heavy atom. The number of nitrogens with one attached hydrogen (secondary N) is 2. The van der Waals surface area contributed by atoms with E-state index in [1.54, 1.807) is 5.01 Å². The predicted molar refractivity (Wildman–Crippen MR) is 54.5 cm³/mol. The van der Waals surface area contributed by atoms with Crippen LogP contribution in [0.5, 0.6) is 0 Å². The van der Waals surface area contributed by atoms with Crippen molar-refractivity contribution in [2.45, 2.75) is 32.2 Å². The molecule has 2 rings (SSSR count). The summed E-state index contributed by atoms with van der Waals surface area (Å²) in [6.45, 7) is 4.96. The minimum absolute atomic E-state index is 0.200. The number of hydrazine groups is 1.